The van der Waals surface area contributed by atoms with E-state index < -0.39 is 0 Å². The Morgan fingerprint density at radius 2 is 0.806 bits per heavy atom. The largest absolute Gasteiger partial charge is 0.456 e. The zero-order valence-electron chi connectivity index (χ0n) is 36.6. The summed E-state index contributed by atoms with van der Waals surface area (Å²) >= 11 is 0. The molecule has 0 bridgehead atoms. The van der Waals surface area contributed by atoms with Crippen molar-refractivity contribution in [3.8, 4) is 50.2 Å². The number of rotatable bonds is 8. The molecule has 0 aliphatic rings. The summed E-state index contributed by atoms with van der Waals surface area (Å²) in [6.45, 7) is 0. The highest BCUT2D eigenvalue weighted by atomic mass is 16.3. The van der Waals surface area contributed by atoms with Crippen LogP contribution >= 0.6 is 0 Å². The topological polar surface area (TPSA) is 21.3 Å². The summed E-state index contributed by atoms with van der Waals surface area (Å²) in [7, 11) is 0. The summed E-state index contributed by atoms with van der Waals surface area (Å²) < 4.78 is 8.71. The van der Waals surface area contributed by atoms with Gasteiger partial charge < -0.3 is 13.9 Å². The Balaban J connectivity index is 0.895. The lowest BCUT2D eigenvalue weighted by molar-refractivity contribution is 0.669. The number of nitrogens with zero attached hydrogens (tertiary/aromatic N) is 2. The molecular weight excluding hydrogens is 813 g/mol. The minimum absolute atomic E-state index is 0.897. The molecule has 0 unspecified atom stereocenters. The first kappa shape index (κ1) is 38.5. The Labute approximate surface area is 388 Å². The lowest BCUT2D eigenvalue weighted by atomic mass is 9.98. The number of aromatic nitrogens is 1. The van der Waals surface area contributed by atoms with Gasteiger partial charge >= 0.3 is 0 Å². The number of hydrogen-bond acceptors (Lipinski definition) is 2. The molecule has 2 heterocycles. The van der Waals surface area contributed by atoms with Crippen LogP contribution in [0.5, 0.6) is 0 Å². The number of benzene rings is 11. The van der Waals surface area contributed by atoms with Crippen molar-refractivity contribution in [2.45, 2.75) is 0 Å². The molecule has 0 saturated carbocycles. The zero-order valence-corrected chi connectivity index (χ0v) is 36.6. The van der Waals surface area contributed by atoms with Crippen LogP contribution in [0.1, 0.15) is 0 Å². The van der Waals surface area contributed by atoms with Gasteiger partial charge in [0.15, 0.2) is 0 Å². The maximum atomic E-state index is 6.27. The predicted octanol–water partition coefficient (Wildman–Crippen LogP) is 18.0. The Morgan fingerprint density at radius 3 is 1.48 bits per heavy atom. The summed E-state index contributed by atoms with van der Waals surface area (Å²) in [6.07, 6.45) is 0. The van der Waals surface area contributed by atoms with E-state index in [1.165, 1.54) is 60.4 Å². The van der Waals surface area contributed by atoms with Gasteiger partial charge in [-0.05, 0) is 117 Å². The van der Waals surface area contributed by atoms with Gasteiger partial charge in [-0.25, -0.2) is 0 Å². The average molecular weight is 855 g/mol. The van der Waals surface area contributed by atoms with E-state index in [1.807, 2.05) is 12.1 Å². The van der Waals surface area contributed by atoms with E-state index in [-0.39, 0.29) is 0 Å². The summed E-state index contributed by atoms with van der Waals surface area (Å²) in [5, 5.41) is 7.25. The quantitative estimate of drug-likeness (QED) is 0.152. The fraction of sp³-hybridized carbons (Fsp3) is 0. The van der Waals surface area contributed by atoms with Gasteiger partial charge in [0.1, 0.15) is 11.2 Å². The normalized spacial score (nSPS) is 11.6. The van der Waals surface area contributed by atoms with Crippen molar-refractivity contribution >= 4 is 71.6 Å². The van der Waals surface area contributed by atoms with Crippen LogP contribution in [0, 0.1) is 0 Å². The molecule has 0 fully saturated rings. The lowest BCUT2D eigenvalue weighted by Gasteiger charge is -2.26. The number of fused-ring (bicyclic) bond motifs is 8. The summed E-state index contributed by atoms with van der Waals surface area (Å²) in [4.78, 5) is 2.35. The average Bonchev–Trinajstić information content (AvgIpc) is 3.96. The maximum Gasteiger partial charge on any atom is 0.136 e. The highest BCUT2D eigenvalue weighted by molar-refractivity contribution is 6.19. The third-order valence-corrected chi connectivity index (χ3v) is 13.4. The minimum atomic E-state index is 0.897. The molecule has 13 aromatic rings. The van der Waals surface area contributed by atoms with Gasteiger partial charge in [-0.3, -0.25) is 0 Å². The van der Waals surface area contributed by atoms with Gasteiger partial charge in [0.2, 0.25) is 0 Å². The highest BCUT2D eigenvalue weighted by Gasteiger charge is 2.19. The second-order valence-electron chi connectivity index (χ2n) is 17.3. The van der Waals surface area contributed by atoms with Crippen molar-refractivity contribution in [2.24, 2.45) is 0 Å². The van der Waals surface area contributed by atoms with Crippen LogP contribution in [0.2, 0.25) is 0 Å². The van der Waals surface area contributed by atoms with Gasteiger partial charge in [0, 0.05) is 49.7 Å². The van der Waals surface area contributed by atoms with Crippen molar-refractivity contribution in [3.63, 3.8) is 0 Å². The van der Waals surface area contributed by atoms with E-state index in [4.69, 9.17) is 4.42 Å². The van der Waals surface area contributed by atoms with E-state index in [9.17, 15) is 0 Å². The molecule has 11 aromatic carbocycles. The van der Waals surface area contributed by atoms with E-state index >= 15 is 0 Å². The highest BCUT2D eigenvalue weighted by Crippen LogP contribution is 2.42. The predicted molar refractivity (Wildman–Crippen MR) is 282 cm³/mol. The van der Waals surface area contributed by atoms with E-state index in [1.54, 1.807) is 0 Å². The monoisotopic (exact) mass is 854 g/mol. The number of para-hydroxylation sites is 2. The smallest absolute Gasteiger partial charge is 0.136 e. The van der Waals surface area contributed by atoms with E-state index in [0.29, 0.717) is 0 Å². The molecule has 0 N–H and O–H groups in total. The fourth-order valence-electron chi connectivity index (χ4n) is 10.1. The van der Waals surface area contributed by atoms with Gasteiger partial charge in [-0.1, -0.05) is 188 Å². The minimum Gasteiger partial charge on any atom is -0.456 e. The summed E-state index contributed by atoms with van der Waals surface area (Å²) in [6, 6.07) is 91.8. The van der Waals surface area contributed by atoms with Gasteiger partial charge in [0.05, 0.1) is 11.0 Å². The summed E-state index contributed by atoms with van der Waals surface area (Å²) in [5.41, 5.74) is 18.0. The molecule has 0 radical (unpaired) electrons. The molecule has 13 rings (SSSR count). The molecule has 0 amide bonds. The standard InChI is InChI=1S/C64H42N2O/c1-3-12-43(13-4-1)44-22-24-45(25-23-44)46-26-34-52(35-27-46)65(54-38-30-49(31-39-54)55-19-11-21-62-63(55)59-18-9-10-20-61(59)67-62)53-36-28-47(29-37-53)50-33-40-57-58-41-32-48-14-7-8-17-56(48)64(58)66(60(57)42-50)51-15-5-2-6-16-51/h1-42H. The first-order valence-electron chi connectivity index (χ1n) is 22.9. The number of furan rings is 1. The van der Waals surface area contributed by atoms with E-state index in [0.717, 1.165) is 61.4 Å². The van der Waals surface area contributed by atoms with Crippen molar-refractivity contribution in [2.75, 3.05) is 4.90 Å². The van der Waals surface area contributed by atoms with Crippen LogP contribution in [0.15, 0.2) is 259 Å². The van der Waals surface area contributed by atoms with Crippen LogP contribution in [-0.2, 0) is 0 Å². The Hall–Kier alpha value is -8.92. The Kier molecular flexibility index (Phi) is 9.17. The van der Waals surface area contributed by atoms with Gasteiger partial charge in [-0.2, -0.15) is 0 Å². The van der Waals surface area contributed by atoms with Crippen molar-refractivity contribution in [1.82, 2.24) is 4.57 Å². The first-order valence-corrected chi connectivity index (χ1v) is 22.9. The SMILES string of the molecule is c1ccc(-c2ccc(-c3ccc(N(c4ccc(-c5ccc6c7ccc8ccccc8c7n(-c7ccccc7)c6c5)cc4)c4ccc(-c5cccc6oc7ccccc7c56)cc4)cc3)cc2)cc1. The number of anilines is 3. The molecule has 0 saturated heterocycles. The second-order valence-corrected chi connectivity index (χ2v) is 17.3. The van der Waals surface area contributed by atoms with Crippen molar-refractivity contribution in [1.29, 1.82) is 0 Å². The third-order valence-electron chi connectivity index (χ3n) is 13.4. The molecule has 0 aliphatic carbocycles. The fourth-order valence-corrected chi connectivity index (χ4v) is 10.1. The molecule has 0 spiro atoms. The van der Waals surface area contributed by atoms with Gasteiger partial charge in [0.25, 0.3) is 0 Å². The molecule has 2 aromatic heterocycles. The van der Waals surface area contributed by atoms with Crippen molar-refractivity contribution in [3.05, 3.63) is 255 Å². The number of hydrogen-bond donors (Lipinski definition) is 0. The Morgan fingerprint density at radius 1 is 0.313 bits per heavy atom. The first-order chi connectivity index (χ1) is 33.2. The van der Waals surface area contributed by atoms with Crippen LogP contribution in [0.25, 0.3) is 105 Å². The van der Waals surface area contributed by atoms with Crippen LogP contribution in [0.4, 0.5) is 17.1 Å². The molecule has 0 atom stereocenters. The van der Waals surface area contributed by atoms with Crippen LogP contribution < -0.4 is 4.90 Å². The second kappa shape index (κ2) is 16.0. The third kappa shape index (κ3) is 6.67. The molecule has 67 heavy (non-hydrogen) atoms. The molecule has 0 aliphatic heterocycles. The van der Waals surface area contributed by atoms with Crippen LogP contribution in [0.3, 0.4) is 0 Å². The molecule has 3 heteroatoms. The van der Waals surface area contributed by atoms with E-state index in [2.05, 4.69) is 252 Å². The van der Waals surface area contributed by atoms with Crippen molar-refractivity contribution < 1.29 is 4.42 Å². The molecule has 3 nitrogen and oxygen atoms in total. The molecule has 314 valence electrons. The zero-order chi connectivity index (χ0) is 44.3. The van der Waals surface area contributed by atoms with Gasteiger partial charge in [-0.15, -0.1) is 0 Å². The summed E-state index contributed by atoms with van der Waals surface area (Å²) in [5.74, 6) is 0. The maximum absolute atomic E-state index is 6.27. The lowest BCUT2D eigenvalue weighted by Crippen LogP contribution is -2.09. The Bertz CT molecular complexity index is 3920. The molecular formula is C64H42N2O. The van der Waals surface area contributed by atoms with Crippen LogP contribution in [-0.4, -0.2) is 4.57 Å².